The zero-order valence-corrected chi connectivity index (χ0v) is 11.2. The molecule has 0 aliphatic rings. The second kappa shape index (κ2) is 5.61. The minimum Gasteiger partial charge on any atom is -0.478 e. The van der Waals surface area contributed by atoms with Gasteiger partial charge in [0.2, 0.25) is 11.0 Å². The van der Waals surface area contributed by atoms with E-state index in [1.165, 1.54) is 17.4 Å². The maximum absolute atomic E-state index is 11.7. The molecular weight excluding hydrogens is 284 g/mol. The lowest BCUT2D eigenvalue weighted by Crippen LogP contribution is -2.27. The molecule has 1 amide bonds. The summed E-state index contributed by atoms with van der Waals surface area (Å²) in [6, 6.07) is 2.29. The molecule has 0 fully saturated rings. The summed E-state index contributed by atoms with van der Waals surface area (Å²) in [6.45, 7) is 1.45. The van der Waals surface area contributed by atoms with Crippen molar-refractivity contribution in [3.05, 3.63) is 39.3 Å². The second-order valence-corrected chi connectivity index (χ2v) is 5.05. The van der Waals surface area contributed by atoms with Crippen LogP contribution in [0.15, 0.2) is 23.1 Å². The standard InChI is InChI=1S/C11H10N4O4S/c1-6-13-14-11(20-6)12-8(16)5-15-4-7(10(18)19)2-3-9(15)17/h2-4H,5H2,1H3,(H,18,19)(H,12,14,16). The Morgan fingerprint density at radius 2 is 2.15 bits per heavy atom. The van der Waals surface area contributed by atoms with Crippen LogP contribution in [0, 0.1) is 6.92 Å². The van der Waals surface area contributed by atoms with Gasteiger partial charge in [0, 0.05) is 12.3 Å². The van der Waals surface area contributed by atoms with E-state index < -0.39 is 17.4 Å². The smallest absolute Gasteiger partial charge is 0.337 e. The highest BCUT2D eigenvalue weighted by molar-refractivity contribution is 7.15. The van der Waals surface area contributed by atoms with E-state index >= 15 is 0 Å². The number of carboxylic acids is 1. The Morgan fingerprint density at radius 1 is 1.40 bits per heavy atom. The van der Waals surface area contributed by atoms with Crippen LogP contribution in [0.25, 0.3) is 0 Å². The minimum absolute atomic E-state index is 0.0656. The molecule has 2 aromatic heterocycles. The van der Waals surface area contributed by atoms with Crippen molar-refractivity contribution in [3.63, 3.8) is 0 Å². The summed E-state index contributed by atoms with van der Waals surface area (Å²) in [6.07, 6.45) is 1.12. The Labute approximate surface area is 116 Å². The third kappa shape index (κ3) is 3.26. The summed E-state index contributed by atoms with van der Waals surface area (Å²) in [5.74, 6) is -1.65. The average molecular weight is 294 g/mol. The molecule has 8 nitrogen and oxygen atoms in total. The van der Waals surface area contributed by atoms with Crippen LogP contribution in [0.1, 0.15) is 15.4 Å². The predicted molar refractivity (Wildman–Crippen MR) is 70.9 cm³/mol. The number of aromatic nitrogens is 3. The van der Waals surface area contributed by atoms with Gasteiger partial charge in [-0.3, -0.25) is 14.9 Å². The van der Waals surface area contributed by atoms with Gasteiger partial charge in [-0.1, -0.05) is 11.3 Å². The lowest BCUT2D eigenvalue weighted by atomic mass is 10.3. The molecule has 0 aromatic carbocycles. The van der Waals surface area contributed by atoms with E-state index in [1.807, 2.05) is 0 Å². The molecule has 104 valence electrons. The fraction of sp³-hybridized carbons (Fsp3) is 0.182. The molecule has 2 heterocycles. The van der Waals surface area contributed by atoms with Crippen molar-refractivity contribution in [3.8, 4) is 0 Å². The molecular formula is C11H10N4O4S. The van der Waals surface area contributed by atoms with Crippen molar-refractivity contribution < 1.29 is 14.7 Å². The second-order valence-electron chi connectivity index (χ2n) is 3.86. The van der Waals surface area contributed by atoms with Crippen molar-refractivity contribution in [2.45, 2.75) is 13.5 Å². The highest BCUT2D eigenvalue weighted by atomic mass is 32.1. The number of anilines is 1. The number of aryl methyl sites for hydroxylation is 1. The molecule has 0 saturated heterocycles. The quantitative estimate of drug-likeness (QED) is 0.840. The van der Waals surface area contributed by atoms with Crippen LogP contribution >= 0.6 is 11.3 Å². The van der Waals surface area contributed by atoms with Gasteiger partial charge >= 0.3 is 5.97 Å². The number of carbonyl (C=O) groups is 2. The van der Waals surface area contributed by atoms with Gasteiger partial charge in [0.25, 0.3) is 5.56 Å². The van der Waals surface area contributed by atoms with Crippen molar-refractivity contribution in [1.29, 1.82) is 0 Å². The summed E-state index contributed by atoms with van der Waals surface area (Å²) in [5.41, 5.74) is -0.525. The van der Waals surface area contributed by atoms with Crippen LogP contribution in [0.3, 0.4) is 0 Å². The predicted octanol–water partition coefficient (Wildman–Crippen LogP) is 0.345. The van der Waals surface area contributed by atoms with Crippen LogP contribution in [-0.4, -0.2) is 31.7 Å². The topological polar surface area (TPSA) is 114 Å². The molecule has 0 radical (unpaired) electrons. The van der Waals surface area contributed by atoms with Gasteiger partial charge in [-0.25, -0.2) is 4.79 Å². The Morgan fingerprint density at radius 3 is 2.75 bits per heavy atom. The normalized spacial score (nSPS) is 10.2. The molecule has 0 unspecified atom stereocenters. The monoisotopic (exact) mass is 294 g/mol. The maximum Gasteiger partial charge on any atom is 0.337 e. The van der Waals surface area contributed by atoms with Crippen molar-refractivity contribution in [2.75, 3.05) is 5.32 Å². The molecule has 0 aliphatic carbocycles. The van der Waals surface area contributed by atoms with Gasteiger partial charge in [0.1, 0.15) is 11.6 Å². The van der Waals surface area contributed by atoms with Gasteiger partial charge in [0.05, 0.1) is 5.56 Å². The molecule has 2 rings (SSSR count). The van der Waals surface area contributed by atoms with E-state index in [9.17, 15) is 14.4 Å². The Balaban J connectivity index is 2.13. The van der Waals surface area contributed by atoms with Gasteiger partial charge in [-0.05, 0) is 13.0 Å². The van der Waals surface area contributed by atoms with E-state index in [0.717, 1.165) is 16.8 Å². The zero-order chi connectivity index (χ0) is 14.7. The van der Waals surface area contributed by atoms with E-state index in [1.54, 1.807) is 6.92 Å². The van der Waals surface area contributed by atoms with E-state index in [0.29, 0.717) is 10.1 Å². The number of carbonyl (C=O) groups excluding carboxylic acids is 1. The van der Waals surface area contributed by atoms with Crippen LogP contribution < -0.4 is 10.9 Å². The van der Waals surface area contributed by atoms with E-state index in [-0.39, 0.29) is 12.1 Å². The minimum atomic E-state index is -1.17. The number of nitrogens with one attached hydrogen (secondary N) is 1. The number of aromatic carboxylic acids is 1. The van der Waals surface area contributed by atoms with E-state index in [4.69, 9.17) is 5.11 Å². The van der Waals surface area contributed by atoms with Crippen molar-refractivity contribution in [1.82, 2.24) is 14.8 Å². The first-order valence-electron chi connectivity index (χ1n) is 5.49. The molecule has 0 atom stereocenters. The van der Waals surface area contributed by atoms with E-state index in [2.05, 4.69) is 15.5 Å². The maximum atomic E-state index is 11.7. The highest BCUT2D eigenvalue weighted by Gasteiger charge is 2.10. The molecule has 0 aliphatic heterocycles. The largest absolute Gasteiger partial charge is 0.478 e. The van der Waals surface area contributed by atoms with Gasteiger partial charge < -0.3 is 9.67 Å². The van der Waals surface area contributed by atoms with Crippen LogP contribution in [0.5, 0.6) is 0 Å². The third-order valence-corrected chi connectivity index (χ3v) is 3.07. The van der Waals surface area contributed by atoms with Crippen LogP contribution in [-0.2, 0) is 11.3 Å². The van der Waals surface area contributed by atoms with Crippen LogP contribution in [0.4, 0.5) is 5.13 Å². The number of amides is 1. The zero-order valence-electron chi connectivity index (χ0n) is 10.4. The molecule has 2 aromatic rings. The Bertz CT molecular complexity index is 721. The summed E-state index contributed by atoms with van der Waals surface area (Å²) in [4.78, 5) is 34.1. The Hall–Kier alpha value is -2.55. The first-order chi connectivity index (χ1) is 9.45. The lowest BCUT2D eigenvalue weighted by Gasteiger charge is -2.05. The average Bonchev–Trinajstić information content (AvgIpc) is 2.77. The van der Waals surface area contributed by atoms with Gasteiger partial charge in [0.15, 0.2) is 0 Å². The third-order valence-electron chi connectivity index (χ3n) is 2.32. The molecule has 0 bridgehead atoms. The van der Waals surface area contributed by atoms with Crippen molar-refractivity contribution in [2.24, 2.45) is 0 Å². The van der Waals surface area contributed by atoms with Crippen LogP contribution in [0.2, 0.25) is 0 Å². The Kier molecular flexibility index (Phi) is 3.89. The number of nitrogens with zero attached hydrogens (tertiary/aromatic N) is 3. The first kappa shape index (κ1) is 13.9. The SMILES string of the molecule is Cc1nnc(NC(=O)Cn2cc(C(=O)O)ccc2=O)s1. The summed E-state index contributed by atoms with van der Waals surface area (Å²) < 4.78 is 1.02. The fourth-order valence-corrected chi connectivity index (χ4v) is 2.05. The number of hydrogen-bond acceptors (Lipinski definition) is 6. The molecule has 9 heteroatoms. The molecule has 20 heavy (non-hydrogen) atoms. The highest BCUT2D eigenvalue weighted by Crippen LogP contribution is 2.13. The molecule has 0 spiro atoms. The number of rotatable bonds is 4. The van der Waals surface area contributed by atoms with Crippen molar-refractivity contribution >= 4 is 28.3 Å². The fourth-order valence-electron chi connectivity index (χ4n) is 1.44. The number of carboxylic acid groups (broad SMARTS) is 1. The number of hydrogen-bond donors (Lipinski definition) is 2. The summed E-state index contributed by atoms with van der Waals surface area (Å²) in [5, 5.41) is 19.8. The number of pyridine rings is 1. The summed E-state index contributed by atoms with van der Waals surface area (Å²) >= 11 is 1.20. The molecule has 0 saturated carbocycles. The first-order valence-corrected chi connectivity index (χ1v) is 6.31. The lowest BCUT2D eigenvalue weighted by molar-refractivity contribution is -0.116. The summed E-state index contributed by atoms with van der Waals surface area (Å²) in [7, 11) is 0. The molecule has 2 N–H and O–H groups in total. The van der Waals surface area contributed by atoms with Gasteiger partial charge in [-0.2, -0.15) is 0 Å². The van der Waals surface area contributed by atoms with Gasteiger partial charge in [-0.15, -0.1) is 10.2 Å².